The van der Waals surface area contributed by atoms with Gasteiger partial charge in [-0.1, -0.05) is 18.2 Å². The molecule has 10 heteroatoms. The zero-order valence-electron chi connectivity index (χ0n) is 16.7. The van der Waals surface area contributed by atoms with E-state index in [1.807, 2.05) is 30.3 Å². The van der Waals surface area contributed by atoms with E-state index in [9.17, 15) is 25.2 Å². The normalized spacial score (nSPS) is 25.3. The van der Waals surface area contributed by atoms with Crippen molar-refractivity contribution in [3.8, 4) is 11.5 Å². The number of aromatic nitrogens is 1. The Morgan fingerprint density at radius 2 is 1.69 bits per heavy atom. The van der Waals surface area contributed by atoms with Gasteiger partial charge in [-0.25, -0.2) is 4.98 Å². The first-order valence-electron chi connectivity index (χ1n) is 9.86. The van der Waals surface area contributed by atoms with Crippen LogP contribution in [0.15, 0.2) is 60.0 Å². The second kappa shape index (κ2) is 9.74. The zero-order valence-corrected chi connectivity index (χ0v) is 17.6. The topological polar surface area (TPSA) is 141 Å². The summed E-state index contributed by atoms with van der Waals surface area (Å²) in [4.78, 5) is 16.8. The molecule has 2 aromatic carbocycles. The Bertz CT molecular complexity index is 1040. The smallest absolute Gasteiger partial charge is 0.275 e. The molecule has 2 heterocycles. The summed E-state index contributed by atoms with van der Waals surface area (Å²) in [5.74, 6) is 0.856. The van der Waals surface area contributed by atoms with Gasteiger partial charge in [0.1, 0.15) is 52.7 Å². The average molecular weight is 458 g/mol. The van der Waals surface area contributed by atoms with Crippen molar-refractivity contribution in [2.75, 3.05) is 11.9 Å². The molecular formula is C22H22N2O7S. The molecule has 1 aromatic heterocycles. The van der Waals surface area contributed by atoms with Gasteiger partial charge in [-0.05, 0) is 36.4 Å². The van der Waals surface area contributed by atoms with Crippen molar-refractivity contribution in [1.82, 2.24) is 4.98 Å². The molecule has 0 saturated carbocycles. The number of hydrogen-bond donors (Lipinski definition) is 5. The highest BCUT2D eigenvalue weighted by molar-refractivity contribution is 7.09. The molecule has 1 fully saturated rings. The Morgan fingerprint density at radius 1 is 1.00 bits per heavy atom. The first-order chi connectivity index (χ1) is 15.5. The molecule has 5 N–H and O–H groups in total. The van der Waals surface area contributed by atoms with Crippen LogP contribution in [0.4, 0.5) is 5.69 Å². The minimum Gasteiger partial charge on any atom is -0.457 e. The van der Waals surface area contributed by atoms with Crippen molar-refractivity contribution in [2.24, 2.45) is 0 Å². The third-order valence-electron chi connectivity index (χ3n) is 4.98. The van der Waals surface area contributed by atoms with Crippen LogP contribution in [0.25, 0.3) is 0 Å². The quantitative estimate of drug-likeness (QED) is 0.376. The monoisotopic (exact) mass is 458 g/mol. The second-order valence-electron chi connectivity index (χ2n) is 7.21. The van der Waals surface area contributed by atoms with Gasteiger partial charge in [0.15, 0.2) is 0 Å². The first kappa shape index (κ1) is 22.3. The Labute approximate surface area is 187 Å². The number of para-hydroxylation sites is 1. The molecule has 1 saturated heterocycles. The molecule has 32 heavy (non-hydrogen) atoms. The summed E-state index contributed by atoms with van der Waals surface area (Å²) in [7, 11) is 0. The van der Waals surface area contributed by atoms with E-state index >= 15 is 0 Å². The lowest BCUT2D eigenvalue weighted by Crippen LogP contribution is -2.55. The maximum absolute atomic E-state index is 12.6. The summed E-state index contributed by atoms with van der Waals surface area (Å²) < 4.78 is 11.2. The number of ether oxygens (including phenoxy) is 2. The van der Waals surface area contributed by atoms with Gasteiger partial charge in [0.2, 0.25) is 0 Å². The summed E-state index contributed by atoms with van der Waals surface area (Å²) in [6.45, 7) is -0.538. The van der Waals surface area contributed by atoms with Crippen molar-refractivity contribution in [2.45, 2.75) is 30.5 Å². The van der Waals surface area contributed by atoms with Gasteiger partial charge in [-0.15, -0.1) is 11.3 Å². The highest BCUT2D eigenvalue weighted by atomic mass is 32.1. The number of amides is 1. The summed E-state index contributed by atoms with van der Waals surface area (Å²) in [6, 6.07) is 16.2. The highest BCUT2D eigenvalue weighted by Gasteiger charge is 2.45. The number of nitrogens with zero attached hydrogens (tertiary/aromatic N) is 1. The first-order valence-corrected chi connectivity index (χ1v) is 10.7. The molecule has 9 nitrogen and oxygen atoms in total. The molecule has 0 aliphatic carbocycles. The fraction of sp³-hybridized carbons (Fsp3) is 0.273. The lowest BCUT2D eigenvalue weighted by molar-refractivity contribution is -0.231. The molecule has 1 amide bonds. The number of rotatable bonds is 6. The van der Waals surface area contributed by atoms with Crippen molar-refractivity contribution in [3.63, 3.8) is 0 Å². The molecule has 1 aliphatic heterocycles. The lowest BCUT2D eigenvalue weighted by atomic mass is 9.95. The van der Waals surface area contributed by atoms with Crippen LogP contribution in [0.1, 0.15) is 21.6 Å². The maximum Gasteiger partial charge on any atom is 0.275 e. The van der Waals surface area contributed by atoms with Crippen LogP contribution in [0.2, 0.25) is 0 Å². The number of thiazole rings is 1. The average Bonchev–Trinajstić information content (AvgIpc) is 3.30. The number of nitrogens with one attached hydrogen (secondary N) is 1. The molecule has 1 aliphatic rings. The fourth-order valence-corrected chi connectivity index (χ4v) is 4.13. The Morgan fingerprint density at radius 3 is 2.38 bits per heavy atom. The van der Waals surface area contributed by atoms with E-state index in [0.29, 0.717) is 17.2 Å². The van der Waals surface area contributed by atoms with Gasteiger partial charge in [0, 0.05) is 11.1 Å². The van der Waals surface area contributed by atoms with Gasteiger partial charge in [0.05, 0.1) is 6.61 Å². The molecule has 0 radical (unpaired) electrons. The van der Waals surface area contributed by atoms with E-state index in [-0.39, 0.29) is 10.7 Å². The van der Waals surface area contributed by atoms with E-state index in [1.165, 1.54) is 5.38 Å². The van der Waals surface area contributed by atoms with Crippen molar-refractivity contribution < 1.29 is 34.7 Å². The summed E-state index contributed by atoms with van der Waals surface area (Å²) in [6.07, 6.45) is -6.54. The number of benzene rings is 2. The number of aliphatic hydroxyl groups is 4. The maximum atomic E-state index is 12.6. The van der Waals surface area contributed by atoms with Gasteiger partial charge in [0.25, 0.3) is 5.91 Å². The summed E-state index contributed by atoms with van der Waals surface area (Å²) >= 11 is 1.07. The summed E-state index contributed by atoms with van der Waals surface area (Å²) in [5, 5.41) is 43.9. The van der Waals surface area contributed by atoms with Crippen LogP contribution in [0.3, 0.4) is 0 Å². The SMILES string of the molecule is O=C(Nc1ccc(Oc2ccccc2)cc1)c1csc([C@@H]2O[C@H](CO)[C@H](O)[C@H](O)[C@H]2O)n1. The van der Waals surface area contributed by atoms with Gasteiger partial charge in [-0.3, -0.25) is 4.79 Å². The molecule has 0 spiro atoms. The number of hydrogen-bond acceptors (Lipinski definition) is 9. The van der Waals surface area contributed by atoms with Gasteiger partial charge in [-0.2, -0.15) is 0 Å². The zero-order chi connectivity index (χ0) is 22.7. The molecular weight excluding hydrogens is 436 g/mol. The van der Waals surface area contributed by atoms with E-state index in [2.05, 4.69) is 10.3 Å². The van der Waals surface area contributed by atoms with Crippen LogP contribution < -0.4 is 10.1 Å². The number of carbonyl (C=O) groups excluding carboxylic acids is 1. The van der Waals surface area contributed by atoms with Gasteiger partial charge < -0.3 is 35.2 Å². The Balaban J connectivity index is 1.40. The third kappa shape index (κ3) is 4.80. The van der Waals surface area contributed by atoms with E-state index < -0.39 is 43.0 Å². The Hall–Kier alpha value is -2.86. The molecule has 4 rings (SSSR count). The highest BCUT2D eigenvalue weighted by Crippen LogP contribution is 2.34. The van der Waals surface area contributed by atoms with E-state index in [1.54, 1.807) is 24.3 Å². The predicted octanol–water partition coefficient (Wildman–Crippen LogP) is 1.70. The van der Waals surface area contributed by atoms with E-state index in [4.69, 9.17) is 9.47 Å². The van der Waals surface area contributed by atoms with Crippen LogP contribution in [0, 0.1) is 0 Å². The standard InChI is InChI=1S/C22H22N2O7S/c25-10-16-17(26)18(27)19(28)20(31-16)22-24-15(11-32-22)21(29)23-12-6-8-14(9-7-12)30-13-4-2-1-3-5-13/h1-9,11,16-20,25-28H,10H2,(H,23,29)/t16-,17+,18+,19-,20-/m1/s1. The number of anilines is 1. The molecule has 3 aromatic rings. The third-order valence-corrected chi connectivity index (χ3v) is 5.89. The van der Waals surface area contributed by atoms with Crippen LogP contribution in [0.5, 0.6) is 11.5 Å². The molecule has 168 valence electrons. The fourth-order valence-electron chi connectivity index (χ4n) is 3.25. The lowest BCUT2D eigenvalue weighted by Gasteiger charge is -2.39. The van der Waals surface area contributed by atoms with Gasteiger partial charge >= 0.3 is 0 Å². The molecule has 0 bridgehead atoms. The van der Waals surface area contributed by atoms with E-state index in [0.717, 1.165) is 11.3 Å². The Kier molecular flexibility index (Phi) is 6.80. The second-order valence-corrected chi connectivity index (χ2v) is 8.10. The van der Waals surface area contributed by atoms with Crippen LogP contribution >= 0.6 is 11.3 Å². The predicted molar refractivity (Wildman–Crippen MR) is 116 cm³/mol. The van der Waals surface area contributed by atoms with Crippen molar-refractivity contribution >= 4 is 22.9 Å². The number of carbonyl (C=O) groups is 1. The summed E-state index contributed by atoms with van der Waals surface area (Å²) in [5.41, 5.74) is 0.643. The minimum absolute atomic E-state index is 0.103. The van der Waals surface area contributed by atoms with Crippen molar-refractivity contribution in [3.05, 3.63) is 70.7 Å². The van der Waals surface area contributed by atoms with Crippen LogP contribution in [-0.4, -0.2) is 62.3 Å². The molecule has 0 unspecified atom stereocenters. The minimum atomic E-state index is -1.51. The largest absolute Gasteiger partial charge is 0.457 e. The number of aliphatic hydroxyl groups excluding tert-OH is 4. The van der Waals surface area contributed by atoms with Crippen LogP contribution in [-0.2, 0) is 4.74 Å². The molecule has 5 atom stereocenters. The van der Waals surface area contributed by atoms with Crippen molar-refractivity contribution in [1.29, 1.82) is 0 Å².